The number of carboxylic acid groups (broad SMARTS) is 1. The number of terminal acetylenes is 1. The van der Waals surface area contributed by atoms with Crippen LogP contribution in [0.1, 0.15) is 32.6 Å². The minimum Gasteiger partial charge on any atom is -0.481 e. The summed E-state index contributed by atoms with van der Waals surface area (Å²) in [5.41, 5.74) is 0. The van der Waals surface area contributed by atoms with E-state index in [0.717, 1.165) is 19.3 Å². The lowest BCUT2D eigenvalue weighted by molar-refractivity contribution is -0.138. The molecule has 1 unspecified atom stereocenters. The highest BCUT2D eigenvalue weighted by Gasteiger charge is 2.26. The number of carbonyl (C=O) groups is 2. The van der Waals surface area contributed by atoms with Gasteiger partial charge in [-0.15, -0.1) is 6.42 Å². The van der Waals surface area contributed by atoms with Crippen LogP contribution in [0.4, 0.5) is 4.79 Å². The van der Waals surface area contributed by atoms with Crippen LogP contribution in [0.5, 0.6) is 0 Å². The first-order valence-electron chi connectivity index (χ1n) is 6.74. The largest absolute Gasteiger partial charge is 0.481 e. The molecule has 1 aliphatic carbocycles. The van der Waals surface area contributed by atoms with Gasteiger partial charge in [0.15, 0.2) is 0 Å². The fourth-order valence-corrected chi connectivity index (χ4v) is 1.89. The number of carboxylic acids is 1. The molecule has 19 heavy (non-hydrogen) atoms. The molecule has 5 heteroatoms. The minimum absolute atomic E-state index is 0.0324. The van der Waals surface area contributed by atoms with Gasteiger partial charge < -0.3 is 15.3 Å². The number of urea groups is 1. The van der Waals surface area contributed by atoms with Gasteiger partial charge in [-0.05, 0) is 24.7 Å². The lowest BCUT2D eigenvalue weighted by atomic mass is 10.0. The molecule has 0 radical (unpaired) electrons. The van der Waals surface area contributed by atoms with E-state index in [1.54, 1.807) is 4.90 Å². The molecule has 0 bridgehead atoms. The molecule has 2 amide bonds. The highest BCUT2D eigenvalue weighted by atomic mass is 16.4. The number of carbonyl (C=O) groups excluding carboxylic acids is 1. The average Bonchev–Trinajstić information content (AvgIpc) is 3.17. The van der Waals surface area contributed by atoms with Crippen molar-refractivity contribution < 1.29 is 14.7 Å². The van der Waals surface area contributed by atoms with Gasteiger partial charge in [-0.25, -0.2) is 4.79 Å². The molecule has 1 atom stereocenters. The predicted molar refractivity (Wildman–Crippen MR) is 72.6 cm³/mol. The maximum atomic E-state index is 12.0. The molecule has 5 nitrogen and oxygen atoms in total. The van der Waals surface area contributed by atoms with Gasteiger partial charge in [0.2, 0.25) is 0 Å². The van der Waals surface area contributed by atoms with Gasteiger partial charge in [-0.1, -0.05) is 19.3 Å². The van der Waals surface area contributed by atoms with Crippen LogP contribution >= 0.6 is 0 Å². The number of nitrogens with zero attached hydrogens (tertiary/aromatic N) is 1. The van der Waals surface area contributed by atoms with E-state index in [1.807, 2.05) is 6.92 Å². The zero-order valence-electron chi connectivity index (χ0n) is 11.4. The van der Waals surface area contributed by atoms with E-state index in [0.29, 0.717) is 25.6 Å². The van der Waals surface area contributed by atoms with Crippen molar-refractivity contribution in [3.05, 3.63) is 0 Å². The molecule has 0 aromatic rings. The smallest absolute Gasteiger partial charge is 0.318 e. The fraction of sp³-hybridized carbons (Fsp3) is 0.714. The summed E-state index contributed by atoms with van der Waals surface area (Å²) in [6.07, 6.45) is 8.38. The van der Waals surface area contributed by atoms with E-state index in [4.69, 9.17) is 11.5 Å². The lowest BCUT2D eigenvalue weighted by Crippen LogP contribution is -2.43. The molecular formula is C14H22N2O3. The summed E-state index contributed by atoms with van der Waals surface area (Å²) in [7, 11) is 0. The Morgan fingerprint density at radius 3 is 2.68 bits per heavy atom. The average molecular weight is 266 g/mol. The molecule has 0 spiro atoms. The topological polar surface area (TPSA) is 69.6 Å². The van der Waals surface area contributed by atoms with Gasteiger partial charge in [0.05, 0.1) is 6.54 Å². The van der Waals surface area contributed by atoms with Crippen LogP contribution in [0.2, 0.25) is 0 Å². The van der Waals surface area contributed by atoms with E-state index < -0.39 is 5.97 Å². The summed E-state index contributed by atoms with van der Waals surface area (Å²) < 4.78 is 0. The molecule has 106 valence electrons. The summed E-state index contributed by atoms with van der Waals surface area (Å²) in [6, 6.07) is -0.186. The van der Waals surface area contributed by atoms with Gasteiger partial charge in [-0.3, -0.25) is 4.79 Å². The van der Waals surface area contributed by atoms with E-state index in [1.165, 1.54) is 0 Å². The van der Waals surface area contributed by atoms with Crippen LogP contribution in [-0.4, -0.2) is 41.6 Å². The van der Waals surface area contributed by atoms with Crippen LogP contribution in [0, 0.1) is 24.2 Å². The Labute approximate surface area is 114 Å². The maximum absolute atomic E-state index is 12.0. The zero-order chi connectivity index (χ0) is 14.3. The second-order valence-electron chi connectivity index (χ2n) is 5.09. The van der Waals surface area contributed by atoms with Crippen molar-refractivity contribution in [2.45, 2.75) is 32.6 Å². The number of amides is 2. The molecule has 2 N–H and O–H groups in total. The van der Waals surface area contributed by atoms with Crippen LogP contribution in [0.3, 0.4) is 0 Å². The summed E-state index contributed by atoms with van der Waals surface area (Å²) >= 11 is 0. The van der Waals surface area contributed by atoms with Crippen molar-refractivity contribution in [3.8, 4) is 12.3 Å². The van der Waals surface area contributed by atoms with Crippen molar-refractivity contribution >= 4 is 12.0 Å². The maximum Gasteiger partial charge on any atom is 0.318 e. The fourth-order valence-electron chi connectivity index (χ4n) is 1.89. The number of rotatable bonds is 8. The number of nitrogens with one attached hydrogen (secondary N) is 1. The third-order valence-corrected chi connectivity index (χ3v) is 3.33. The van der Waals surface area contributed by atoms with Crippen molar-refractivity contribution in [1.29, 1.82) is 0 Å². The first-order chi connectivity index (χ1) is 9.06. The number of aliphatic carboxylic acids is 1. The Hall–Kier alpha value is -1.70. The molecule has 1 aliphatic rings. The van der Waals surface area contributed by atoms with Crippen LogP contribution < -0.4 is 5.32 Å². The van der Waals surface area contributed by atoms with E-state index in [-0.39, 0.29) is 18.4 Å². The first-order valence-corrected chi connectivity index (χ1v) is 6.74. The van der Waals surface area contributed by atoms with Crippen LogP contribution in [0.15, 0.2) is 0 Å². The van der Waals surface area contributed by atoms with Gasteiger partial charge in [0, 0.05) is 19.5 Å². The summed E-state index contributed by atoms with van der Waals surface area (Å²) in [6.45, 7) is 3.31. The molecule has 0 aliphatic heterocycles. The molecule has 1 rings (SSSR count). The number of hydrogen-bond donors (Lipinski definition) is 2. The predicted octanol–water partition coefficient (Wildman–Crippen LogP) is 1.54. The SMILES string of the molecule is C#CCN(CC1CC1)C(=O)NCC(CC)CC(=O)O. The Balaban J connectivity index is 2.37. The Bertz CT molecular complexity index is 358. The van der Waals surface area contributed by atoms with Crippen LogP contribution in [0.25, 0.3) is 0 Å². The van der Waals surface area contributed by atoms with Gasteiger partial charge in [0.25, 0.3) is 0 Å². The second kappa shape index (κ2) is 7.67. The second-order valence-corrected chi connectivity index (χ2v) is 5.09. The highest BCUT2D eigenvalue weighted by molar-refractivity contribution is 5.74. The number of hydrogen-bond acceptors (Lipinski definition) is 2. The minimum atomic E-state index is -0.834. The molecule has 0 saturated heterocycles. The highest BCUT2D eigenvalue weighted by Crippen LogP contribution is 2.29. The molecule has 0 aromatic heterocycles. The molecule has 0 aromatic carbocycles. The first kappa shape index (κ1) is 15.4. The Kier molecular flexibility index (Phi) is 6.20. The van der Waals surface area contributed by atoms with Gasteiger partial charge in [0.1, 0.15) is 0 Å². The molecule has 1 fully saturated rings. The summed E-state index contributed by atoms with van der Waals surface area (Å²) in [5.74, 6) is 2.20. The van der Waals surface area contributed by atoms with Crippen LogP contribution in [-0.2, 0) is 4.79 Å². The third-order valence-electron chi connectivity index (χ3n) is 3.33. The monoisotopic (exact) mass is 266 g/mol. The van der Waals surface area contributed by atoms with E-state index in [2.05, 4.69) is 11.2 Å². The quantitative estimate of drug-likeness (QED) is 0.655. The third kappa shape index (κ3) is 6.14. The molecule has 0 heterocycles. The van der Waals surface area contributed by atoms with E-state index >= 15 is 0 Å². The van der Waals surface area contributed by atoms with Gasteiger partial charge >= 0.3 is 12.0 Å². The normalized spacial score (nSPS) is 15.4. The van der Waals surface area contributed by atoms with E-state index in [9.17, 15) is 9.59 Å². The van der Waals surface area contributed by atoms with Gasteiger partial charge in [-0.2, -0.15) is 0 Å². The van der Waals surface area contributed by atoms with Crippen molar-refractivity contribution in [3.63, 3.8) is 0 Å². The van der Waals surface area contributed by atoms with Crippen molar-refractivity contribution in [1.82, 2.24) is 10.2 Å². The molecule has 1 saturated carbocycles. The summed E-state index contributed by atoms with van der Waals surface area (Å²) in [5, 5.41) is 11.5. The zero-order valence-corrected chi connectivity index (χ0v) is 11.4. The standard InChI is InChI=1S/C14H22N2O3/c1-3-7-16(10-12-5-6-12)14(19)15-9-11(4-2)8-13(17)18/h1,11-12H,4-10H2,2H3,(H,15,19)(H,17,18). The Morgan fingerprint density at radius 2 is 2.21 bits per heavy atom. The van der Waals surface area contributed by atoms with Crippen molar-refractivity contribution in [2.75, 3.05) is 19.6 Å². The Morgan fingerprint density at radius 1 is 1.53 bits per heavy atom. The lowest BCUT2D eigenvalue weighted by Gasteiger charge is -2.22. The summed E-state index contributed by atoms with van der Waals surface area (Å²) in [4.78, 5) is 24.3. The van der Waals surface area contributed by atoms with Crippen molar-refractivity contribution in [2.24, 2.45) is 11.8 Å². The molecular weight excluding hydrogens is 244 g/mol.